The zero-order chi connectivity index (χ0) is 21.0. The molecule has 3 rings (SSSR count). The lowest BCUT2D eigenvalue weighted by molar-refractivity contribution is -0.384. The second kappa shape index (κ2) is 8.68. The van der Waals surface area contributed by atoms with Gasteiger partial charge in [-0.15, -0.1) is 0 Å². The van der Waals surface area contributed by atoms with Gasteiger partial charge in [0.2, 0.25) is 0 Å². The molecule has 2 aromatic rings. The van der Waals surface area contributed by atoms with E-state index in [1.807, 2.05) is 30.3 Å². The molecule has 0 amide bonds. The van der Waals surface area contributed by atoms with E-state index in [1.165, 1.54) is 19.2 Å². The predicted octanol–water partition coefficient (Wildman–Crippen LogP) is 2.98. The van der Waals surface area contributed by atoms with Crippen molar-refractivity contribution in [2.45, 2.75) is 36.3 Å². The number of nitro groups is 1. The Balaban J connectivity index is 1.89. The maximum atomic E-state index is 13.1. The maximum Gasteiger partial charge on any atom is 0.305 e. The normalized spacial score (nSPS) is 19.8. The van der Waals surface area contributed by atoms with Crippen molar-refractivity contribution in [1.29, 1.82) is 0 Å². The van der Waals surface area contributed by atoms with Crippen LogP contribution in [-0.4, -0.2) is 36.9 Å². The van der Waals surface area contributed by atoms with Gasteiger partial charge < -0.3 is 4.74 Å². The molecule has 1 saturated heterocycles. The molecule has 2 atom stereocenters. The van der Waals surface area contributed by atoms with Gasteiger partial charge in [-0.3, -0.25) is 19.7 Å². The predicted molar refractivity (Wildman–Crippen MR) is 102 cm³/mol. The summed E-state index contributed by atoms with van der Waals surface area (Å²) in [5, 5.41) is 10.8. The number of carbonyl (C=O) groups excluding carboxylic acids is 1. The molecule has 0 aromatic heterocycles. The van der Waals surface area contributed by atoms with Crippen molar-refractivity contribution in [3.63, 3.8) is 0 Å². The second-order valence-electron chi connectivity index (χ2n) is 6.52. The lowest BCUT2D eigenvalue weighted by atomic mass is 10.0. The maximum absolute atomic E-state index is 13.1. The number of sulfonamides is 1. The van der Waals surface area contributed by atoms with E-state index in [4.69, 9.17) is 4.84 Å². The molecule has 0 bridgehead atoms. The first-order valence-electron chi connectivity index (χ1n) is 8.90. The van der Waals surface area contributed by atoms with E-state index in [-0.39, 0.29) is 23.4 Å². The Hall–Kier alpha value is -2.82. The smallest absolute Gasteiger partial charge is 0.305 e. The molecule has 2 aromatic carbocycles. The van der Waals surface area contributed by atoms with Crippen molar-refractivity contribution in [1.82, 2.24) is 4.47 Å². The largest absolute Gasteiger partial charge is 0.469 e. The van der Waals surface area contributed by atoms with Crippen LogP contribution in [0, 0.1) is 10.1 Å². The highest BCUT2D eigenvalue weighted by Crippen LogP contribution is 2.38. The Morgan fingerprint density at radius 3 is 2.45 bits per heavy atom. The molecule has 0 spiro atoms. The number of esters is 1. The van der Waals surface area contributed by atoms with Crippen LogP contribution in [-0.2, 0) is 24.4 Å². The SMILES string of the molecule is COC(=O)CC[C@@H]1C[C@@H](c2ccccc2)ON1S(=O)(=O)c1ccc([N+](=O)[O-])cc1. The molecule has 1 aliphatic rings. The molecule has 1 aliphatic heterocycles. The molecule has 0 saturated carbocycles. The van der Waals surface area contributed by atoms with Crippen molar-refractivity contribution in [3.8, 4) is 0 Å². The average molecular weight is 420 g/mol. The quantitative estimate of drug-likeness (QED) is 0.384. The molecule has 9 nitrogen and oxygen atoms in total. The van der Waals surface area contributed by atoms with Crippen molar-refractivity contribution < 1.29 is 27.7 Å². The summed E-state index contributed by atoms with van der Waals surface area (Å²) in [5.41, 5.74) is 0.604. The Bertz CT molecular complexity index is 977. The molecule has 1 fully saturated rings. The summed E-state index contributed by atoms with van der Waals surface area (Å²) < 4.78 is 31.8. The first-order valence-corrected chi connectivity index (χ1v) is 10.3. The van der Waals surface area contributed by atoms with E-state index in [0.717, 1.165) is 22.2 Å². The van der Waals surface area contributed by atoms with Crippen molar-refractivity contribution >= 4 is 21.7 Å². The standard InChI is InChI=1S/C19H20N2O7S/c1-27-19(22)12-9-16-13-18(14-5-3-2-4-6-14)28-21(16)29(25,26)17-10-7-15(8-11-17)20(23)24/h2-8,10-11,16,18H,9,12-13H2,1H3/t16-,18+/m1/s1. The number of rotatable bonds is 7. The highest BCUT2D eigenvalue weighted by Gasteiger charge is 2.42. The number of methoxy groups -OCH3 is 1. The Labute approximate surface area is 168 Å². The van der Waals surface area contributed by atoms with Gasteiger partial charge in [-0.25, -0.2) is 8.42 Å². The summed E-state index contributed by atoms with van der Waals surface area (Å²) in [7, 11) is -2.82. The van der Waals surface area contributed by atoms with Crippen LogP contribution in [0.1, 0.15) is 30.9 Å². The number of benzene rings is 2. The Morgan fingerprint density at radius 1 is 1.21 bits per heavy atom. The van der Waals surface area contributed by atoms with Crippen LogP contribution in [0.4, 0.5) is 5.69 Å². The van der Waals surface area contributed by atoms with Crippen molar-refractivity contribution in [3.05, 3.63) is 70.3 Å². The number of nitro benzene ring substituents is 1. The van der Waals surface area contributed by atoms with Gasteiger partial charge in [0.15, 0.2) is 0 Å². The minimum Gasteiger partial charge on any atom is -0.469 e. The van der Waals surface area contributed by atoms with Gasteiger partial charge in [0.25, 0.3) is 15.7 Å². The van der Waals surface area contributed by atoms with E-state index in [1.54, 1.807) is 0 Å². The van der Waals surface area contributed by atoms with Crippen molar-refractivity contribution in [2.75, 3.05) is 7.11 Å². The van der Waals surface area contributed by atoms with Crippen molar-refractivity contribution in [2.24, 2.45) is 0 Å². The minimum absolute atomic E-state index is 0.0400. The Kier molecular flexibility index (Phi) is 6.26. The zero-order valence-electron chi connectivity index (χ0n) is 15.6. The third kappa shape index (κ3) is 4.61. The average Bonchev–Trinajstić information content (AvgIpc) is 3.18. The molecule has 0 radical (unpaired) electrons. The third-order valence-corrected chi connectivity index (χ3v) is 6.40. The highest BCUT2D eigenvalue weighted by atomic mass is 32.2. The lowest BCUT2D eigenvalue weighted by Crippen LogP contribution is -2.35. The molecule has 154 valence electrons. The van der Waals surface area contributed by atoms with Crippen LogP contribution in [0.15, 0.2) is 59.5 Å². The van der Waals surface area contributed by atoms with Crippen LogP contribution in [0.5, 0.6) is 0 Å². The lowest BCUT2D eigenvalue weighted by Gasteiger charge is -2.22. The van der Waals surface area contributed by atoms with Crippen LogP contribution in [0.3, 0.4) is 0 Å². The molecule has 0 unspecified atom stereocenters. The number of non-ortho nitro benzene ring substituents is 1. The van der Waals surface area contributed by atoms with E-state index in [0.29, 0.717) is 6.42 Å². The third-order valence-electron chi connectivity index (χ3n) is 4.68. The molecule has 10 heteroatoms. The number of ether oxygens (including phenoxy) is 1. The van der Waals surface area contributed by atoms with Gasteiger partial charge >= 0.3 is 5.97 Å². The number of hydrogen-bond acceptors (Lipinski definition) is 7. The summed E-state index contributed by atoms with van der Waals surface area (Å²) in [6.45, 7) is 0. The molecular formula is C19H20N2O7S. The van der Waals surface area contributed by atoms with Gasteiger partial charge in [-0.2, -0.15) is 0 Å². The second-order valence-corrected chi connectivity index (χ2v) is 8.30. The molecule has 0 N–H and O–H groups in total. The number of carbonyl (C=O) groups is 1. The van der Waals surface area contributed by atoms with E-state index >= 15 is 0 Å². The summed E-state index contributed by atoms with van der Waals surface area (Å²) in [6.07, 6.45) is 0.139. The molecule has 0 aliphatic carbocycles. The highest BCUT2D eigenvalue weighted by molar-refractivity contribution is 7.89. The van der Waals surface area contributed by atoms with Gasteiger partial charge in [-0.1, -0.05) is 34.8 Å². The summed E-state index contributed by atoms with van der Waals surface area (Å²) in [4.78, 5) is 27.4. The van der Waals surface area contributed by atoms with Gasteiger partial charge in [0.1, 0.15) is 6.10 Å². The molecular weight excluding hydrogens is 400 g/mol. The topological polar surface area (TPSA) is 116 Å². The van der Waals surface area contributed by atoms with Gasteiger partial charge in [0.05, 0.1) is 23.0 Å². The number of hydrogen-bond donors (Lipinski definition) is 0. The van der Waals surface area contributed by atoms with E-state index in [9.17, 15) is 23.3 Å². The fourth-order valence-corrected chi connectivity index (χ4v) is 4.65. The number of hydroxylamine groups is 1. The van der Waals surface area contributed by atoms with Crippen LogP contribution in [0.25, 0.3) is 0 Å². The van der Waals surface area contributed by atoms with Gasteiger partial charge in [-0.05, 0) is 30.5 Å². The monoisotopic (exact) mass is 420 g/mol. The summed E-state index contributed by atoms with van der Waals surface area (Å²) >= 11 is 0. The van der Waals surface area contributed by atoms with E-state index < -0.39 is 33.1 Å². The first kappa shape index (κ1) is 20.9. The fraction of sp³-hybridized carbons (Fsp3) is 0.316. The summed E-state index contributed by atoms with van der Waals surface area (Å²) in [6, 6.07) is 13.2. The first-order chi connectivity index (χ1) is 13.8. The summed E-state index contributed by atoms with van der Waals surface area (Å²) in [5.74, 6) is -0.444. The van der Waals surface area contributed by atoms with Crippen LogP contribution in [0.2, 0.25) is 0 Å². The zero-order valence-corrected chi connectivity index (χ0v) is 16.4. The number of nitrogens with zero attached hydrogens (tertiary/aromatic N) is 2. The minimum atomic E-state index is -4.09. The fourth-order valence-electron chi connectivity index (χ4n) is 3.16. The van der Waals surface area contributed by atoms with E-state index in [2.05, 4.69) is 4.74 Å². The Morgan fingerprint density at radius 2 is 1.86 bits per heavy atom. The van der Waals surface area contributed by atoms with Crippen LogP contribution >= 0.6 is 0 Å². The van der Waals surface area contributed by atoms with Crippen LogP contribution < -0.4 is 0 Å². The molecule has 1 heterocycles. The van der Waals surface area contributed by atoms with Gasteiger partial charge in [0, 0.05) is 18.6 Å². The molecule has 29 heavy (non-hydrogen) atoms.